The maximum atomic E-state index is 13.0. The lowest BCUT2D eigenvalue weighted by Gasteiger charge is -2.26. The van der Waals surface area contributed by atoms with Gasteiger partial charge in [-0.05, 0) is 41.6 Å². The van der Waals surface area contributed by atoms with E-state index < -0.39 is 10.0 Å². The molecule has 1 amide bonds. The molecule has 0 aliphatic carbocycles. The molecule has 12 heteroatoms. The Labute approximate surface area is 202 Å². The molecule has 2 aromatic heterocycles. The highest BCUT2D eigenvalue weighted by molar-refractivity contribution is 7.89. The fraction of sp³-hybridized carbons (Fsp3) is 0.409. The second-order valence-corrected chi connectivity index (χ2v) is 10.6. The van der Waals surface area contributed by atoms with Crippen LogP contribution >= 0.6 is 11.3 Å². The minimum atomic E-state index is -3.65. The van der Waals surface area contributed by atoms with E-state index in [1.807, 2.05) is 17.5 Å². The number of aryl methyl sites for hydroxylation is 1. The van der Waals surface area contributed by atoms with Gasteiger partial charge in [0.1, 0.15) is 5.75 Å². The second kappa shape index (κ2) is 10.6. The molecule has 0 bridgehead atoms. The predicted octanol–water partition coefficient (Wildman–Crippen LogP) is 2.42. The zero-order valence-corrected chi connectivity index (χ0v) is 20.6. The zero-order chi connectivity index (χ0) is 24.1. The van der Waals surface area contributed by atoms with E-state index in [9.17, 15) is 13.2 Å². The first-order valence-corrected chi connectivity index (χ1v) is 13.1. The molecule has 0 spiro atoms. The van der Waals surface area contributed by atoms with Gasteiger partial charge in [0.15, 0.2) is 0 Å². The molecule has 4 rings (SSSR count). The number of sulfonamides is 1. The fourth-order valence-corrected chi connectivity index (χ4v) is 5.70. The van der Waals surface area contributed by atoms with E-state index in [0.717, 1.165) is 4.88 Å². The van der Waals surface area contributed by atoms with Crippen molar-refractivity contribution in [2.45, 2.75) is 24.3 Å². The summed E-state index contributed by atoms with van der Waals surface area (Å²) in [4.78, 5) is 19.7. The molecule has 10 nitrogen and oxygen atoms in total. The molecule has 0 N–H and O–H groups in total. The molecule has 1 aliphatic heterocycles. The Morgan fingerprint density at radius 1 is 1.26 bits per heavy atom. The van der Waals surface area contributed by atoms with E-state index in [1.165, 1.54) is 33.7 Å². The monoisotopic (exact) mass is 506 g/mol. The van der Waals surface area contributed by atoms with Crippen molar-refractivity contribution in [3.05, 3.63) is 47.2 Å². The van der Waals surface area contributed by atoms with Crippen LogP contribution < -0.4 is 4.74 Å². The lowest BCUT2D eigenvalue weighted by Crippen LogP contribution is -2.40. The normalized spacial score (nSPS) is 14.8. The number of hydrogen-bond donors (Lipinski definition) is 0. The summed E-state index contributed by atoms with van der Waals surface area (Å²) in [7, 11) is -0.468. The molecule has 34 heavy (non-hydrogen) atoms. The largest absolute Gasteiger partial charge is 0.496 e. The summed E-state index contributed by atoms with van der Waals surface area (Å²) in [6.07, 6.45) is 0.489. The smallest absolute Gasteiger partial charge is 0.246 e. The Morgan fingerprint density at radius 2 is 2.06 bits per heavy atom. The minimum absolute atomic E-state index is 0.139. The van der Waals surface area contributed by atoms with Crippen LogP contribution in [0.5, 0.6) is 5.75 Å². The summed E-state index contributed by atoms with van der Waals surface area (Å²) in [6.45, 7) is 1.56. The summed E-state index contributed by atoms with van der Waals surface area (Å²) >= 11 is 1.51. The summed E-state index contributed by atoms with van der Waals surface area (Å²) < 4.78 is 43.4. The number of carbonyl (C=O) groups excluding carboxylic acids is 1. The molecule has 182 valence electrons. The third-order valence-corrected chi connectivity index (χ3v) is 8.24. The molecular weight excluding hydrogens is 480 g/mol. The number of rotatable bonds is 9. The number of amides is 1. The van der Waals surface area contributed by atoms with Crippen molar-refractivity contribution >= 4 is 27.3 Å². The Hall–Kier alpha value is -2.80. The van der Waals surface area contributed by atoms with E-state index >= 15 is 0 Å². The van der Waals surface area contributed by atoms with Crippen LogP contribution in [0.2, 0.25) is 0 Å². The van der Waals surface area contributed by atoms with Crippen LogP contribution in [-0.2, 0) is 32.5 Å². The van der Waals surface area contributed by atoms with Crippen LogP contribution in [0, 0.1) is 0 Å². The van der Waals surface area contributed by atoms with Crippen molar-refractivity contribution < 1.29 is 27.2 Å². The average Bonchev–Trinajstić information content (AvgIpc) is 3.55. The third kappa shape index (κ3) is 5.46. The quantitative estimate of drug-likeness (QED) is 0.435. The first-order chi connectivity index (χ1) is 16.4. The number of hydrogen-bond acceptors (Lipinski definition) is 9. The minimum Gasteiger partial charge on any atom is -0.496 e. The number of aromatic nitrogens is 2. The van der Waals surface area contributed by atoms with Gasteiger partial charge in [-0.1, -0.05) is 11.2 Å². The lowest BCUT2D eigenvalue weighted by atomic mass is 10.1. The van der Waals surface area contributed by atoms with Crippen LogP contribution in [0.1, 0.15) is 17.9 Å². The topological polar surface area (TPSA) is 115 Å². The molecule has 0 saturated carbocycles. The molecule has 1 saturated heterocycles. The molecule has 1 aliphatic rings. The third-order valence-electron chi connectivity index (χ3n) is 5.48. The molecule has 3 aromatic rings. The molecule has 0 unspecified atom stereocenters. The number of benzene rings is 1. The van der Waals surface area contributed by atoms with Crippen molar-refractivity contribution in [2.24, 2.45) is 0 Å². The Morgan fingerprint density at radius 3 is 2.76 bits per heavy atom. The van der Waals surface area contributed by atoms with Crippen LogP contribution in [-0.4, -0.2) is 74.1 Å². The second-order valence-electron chi connectivity index (χ2n) is 7.73. The molecule has 1 aromatic carbocycles. The van der Waals surface area contributed by atoms with E-state index in [-0.39, 0.29) is 23.8 Å². The van der Waals surface area contributed by atoms with Crippen molar-refractivity contribution in [3.8, 4) is 16.5 Å². The average molecular weight is 507 g/mol. The number of morpholine rings is 1. The van der Waals surface area contributed by atoms with Crippen LogP contribution in [0.15, 0.2) is 45.1 Å². The number of carbonyl (C=O) groups is 1. The SMILES string of the molecule is COc1ccc(S(=O)(=O)N2CCOCC2)cc1CCC(=O)N(C)Cc1nc(-c2cccs2)no1. The number of ether oxygens (including phenoxy) is 2. The van der Waals surface area contributed by atoms with E-state index in [2.05, 4.69) is 10.1 Å². The van der Waals surface area contributed by atoms with Crippen molar-refractivity contribution in [2.75, 3.05) is 40.5 Å². The van der Waals surface area contributed by atoms with E-state index in [1.54, 1.807) is 19.2 Å². The van der Waals surface area contributed by atoms with Gasteiger partial charge in [0, 0.05) is 26.6 Å². The summed E-state index contributed by atoms with van der Waals surface area (Å²) in [6, 6.07) is 8.54. The van der Waals surface area contributed by atoms with Gasteiger partial charge >= 0.3 is 0 Å². The predicted molar refractivity (Wildman–Crippen MR) is 125 cm³/mol. The Kier molecular flexibility index (Phi) is 7.61. The molecule has 0 atom stereocenters. The molecular formula is C22H26N4O6S2. The highest BCUT2D eigenvalue weighted by Crippen LogP contribution is 2.26. The van der Waals surface area contributed by atoms with Gasteiger partial charge in [0.25, 0.3) is 0 Å². The first kappa shape index (κ1) is 24.3. The van der Waals surface area contributed by atoms with Gasteiger partial charge in [-0.15, -0.1) is 11.3 Å². The number of thiophene rings is 1. The van der Waals surface area contributed by atoms with Crippen LogP contribution in [0.4, 0.5) is 0 Å². The summed E-state index contributed by atoms with van der Waals surface area (Å²) in [5, 5.41) is 5.89. The highest BCUT2D eigenvalue weighted by atomic mass is 32.2. The van der Waals surface area contributed by atoms with Gasteiger partial charge in [-0.3, -0.25) is 4.79 Å². The van der Waals surface area contributed by atoms with E-state index in [0.29, 0.717) is 55.8 Å². The molecule has 0 radical (unpaired) electrons. The number of methoxy groups -OCH3 is 1. The fourth-order valence-electron chi connectivity index (χ4n) is 3.60. The maximum absolute atomic E-state index is 13.0. The van der Waals surface area contributed by atoms with Gasteiger partial charge in [0.2, 0.25) is 27.6 Å². The Balaban J connectivity index is 1.40. The van der Waals surface area contributed by atoms with Crippen LogP contribution in [0.25, 0.3) is 10.7 Å². The number of nitrogens with zero attached hydrogens (tertiary/aromatic N) is 4. The molecule has 1 fully saturated rings. The van der Waals surface area contributed by atoms with Gasteiger partial charge in [0.05, 0.1) is 36.6 Å². The standard InChI is InChI=1S/C22H26N4O6S2/c1-25(15-20-23-22(24-32-20)19-4-3-13-33-19)21(27)8-5-16-14-17(6-7-18(16)30-2)34(28,29)26-9-11-31-12-10-26/h3-4,6-7,13-14H,5,8-12,15H2,1-2H3. The lowest BCUT2D eigenvalue weighted by molar-refractivity contribution is -0.130. The molecule has 3 heterocycles. The van der Waals surface area contributed by atoms with Crippen molar-refractivity contribution in [1.82, 2.24) is 19.3 Å². The first-order valence-electron chi connectivity index (χ1n) is 10.7. The van der Waals surface area contributed by atoms with Crippen LogP contribution in [0.3, 0.4) is 0 Å². The van der Waals surface area contributed by atoms with Gasteiger partial charge in [-0.2, -0.15) is 9.29 Å². The zero-order valence-electron chi connectivity index (χ0n) is 19.0. The van der Waals surface area contributed by atoms with Crippen molar-refractivity contribution in [3.63, 3.8) is 0 Å². The maximum Gasteiger partial charge on any atom is 0.246 e. The summed E-state index contributed by atoms with van der Waals surface area (Å²) in [5.74, 6) is 1.23. The van der Waals surface area contributed by atoms with Gasteiger partial charge < -0.3 is 18.9 Å². The van der Waals surface area contributed by atoms with Crippen molar-refractivity contribution in [1.29, 1.82) is 0 Å². The van der Waals surface area contributed by atoms with Gasteiger partial charge in [-0.25, -0.2) is 8.42 Å². The van der Waals surface area contributed by atoms with E-state index in [4.69, 9.17) is 14.0 Å². The summed E-state index contributed by atoms with van der Waals surface area (Å²) in [5.41, 5.74) is 0.649. The Bertz CT molecular complexity index is 1220. The highest BCUT2D eigenvalue weighted by Gasteiger charge is 2.27.